The van der Waals surface area contributed by atoms with Gasteiger partial charge in [-0.25, -0.2) is 9.37 Å². The van der Waals surface area contributed by atoms with Crippen LogP contribution in [0.4, 0.5) is 4.39 Å². The summed E-state index contributed by atoms with van der Waals surface area (Å²) in [6.45, 7) is 0.557. The van der Waals surface area contributed by atoms with E-state index in [1.165, 1.54) is 6.07 Å². The van der Waals surface area contributed by atoms with Gasteiger partial charge in [0.05, 0.1) is 12.7 Å². The maximum atomic E-state index is 13.5. The summed E-state index contributed by atoms with van der Waals surface area (Å²) < 4.78 is 19.1. The number of nitrogens with zero attached hydrogens (tertiary/aromatic N) is 1. The number of rotatable bonds is 5. The molecule has 23 heavy (non-hydrogen) atoms. The van der Waals surface area contributed by atoms with E-state index in [9.17, 15) is 9.18 Å². The minimum absolute atomic E-state index is 0.0281. The summed E-state index contributed by atoms with van der Waals surface area (Å²) in [5.41, 5.74) is 10.1. The smallest absolute Gasteiger partial charge is 0.252 e. The van der Waals surface area contributed by atoms with Crippen molar-refractivity contribution in [2.45, 2.75) is 6.54 Å². The molecule has 0 saturated heterocycles. The van der Waals surface area contributed by atoms with Gasteiger partial charge >= 0.3 is 0 Å². The van der Waals surface area contributed by atoms with Crippen LogP contribution in [0.5, 0.6) is 0 Å². The largest absolute Gasteiger partial charge is 0.435 e. The fourth-order valence-electron chi connectivity index (χ4n) is 2.23. The second-order valence-electron chi connectivity index (χ2n) is 4.91. The first-order valence-corrected chi connectivity index (χ1v) is 6.83. The Balaban J connectivity index is 2.00. The Kier molecular flexibility index (Phi) is 4.05. The van der Waals surface area contributed by atoms with E-state index < -0.39 is 11.7 Å². The Bertz CT molecular complexity index is 859. The van der Waals surface area contributed by atoms with E-state index in [-0.39, 0.29) is 16.7 Å². The molecule has 118 valence electrons. The molecule has 0 radical (unpaired) electrons. The molecule has 7 heteroatoms. The number of nitrogens with one attached hydrogen (secondary N) is 1. The summed E-state index contributed by atoms with van der Waals surface area (Å²) in [5, 5.41) is 0. The SMILES string of the molecule is CONCc1ccc(-c2nc3cc(F)cc(C(N)=O)c3o2)cc1. The van der Waals surface area contributed by atoms with Crippen LogP contribution < -0.4 is 11.2 Å². The van der Waals surface area contributed by atoms with E-state index in [2.05, 4.69) is 10.5 Å². The topological polar surface area (TPSA) is 90.4 Å². The zero-order valence-corrected chi connectivity index (χ0v) is 12.3. The minimum atomic E-state index is -0.766. The van der Waals surface area contributed by atoms with Gasteiger partial charge in [0.2, 0.25) is 5.89 Å². The number of nitrogens with two attached hydrogens (primary N) is 1. The monoisotopic (exact) mass is 315 g/mol. The van der Waals surface area contributed by atoms with Crippen LogP contribution >= 0.6 is 0 Å². The molecule has 0 saturated carbocycles. The van der Waals surface area contributed by atoms with Gasteiger partial charge in [-0.3, -0.25) is 4.79 Å². The third-order valence-corrected chi connectivity index (χ3v) is 3.34. The molecule has 6 nitrogen and oxygen atoms in total. The van der Waals surface area contributed by atoms with E-state index in [1.807, 2.05) is 24.3 Å². The van der Waals surface area contributed by atoms with Crippen LogP contribution in [-0.4, -0.2) is 18.0 Å². The number of hydrogen-bond acceptors (Lipinski definition) is 5. The Hall–Kier alpha value is -2.77. The summed E-state index contributed by atoms with van der Waals surface area (Å²) in [6.07, 6.45) is 0. The van der Waals surface area contributed by atoms with E-state index in [0.29, 0.717) is 18.0 Å². The number of oxazole rings is 1. The molecule has 0 fully saturated rings. The van der Waals surface area contributed by atoms with Crippen molar-refractivity contribution >= 4 is 17.0 Å². The number of amides is 1. The average Bonchev–Trinajstić information content (AvgIpc) is 2.96. The molecule has 1 heterocycles. The van der Waals surface area contributed by atoms with Crippen molar-refractivity contribution in [2.75, 3.05) is 7.11 Å². The van der Waals surface area contributed by atoms with Crippen LogP contribution in [0.25, 0.3) is 22.6 Å². The van der Waals surface area contributed by atoms with Gasteiger partial charge in [-0.1, -0.05) is 12.1 Å². The van der Waals surface area contributed by atoms with E-state index in [0.717, 1.165) is 11.6 Å². The molecule has 0 spiro atoms. The van der Waals surface area contributed by atoms with Crippen LogP contribution in [0.3, 0.4) is 0 Å². The predicted octanol–water partition coefficient (Wildman–Crippen LogP) is 2.38. The Morgan fingerprint density at radius 2 is 2.09 bits per heavy atom. The third-order valence-electron chi connectivity index (χ3n) is 3.34. The number of aromatic nitrogens is 1. The zero-order valence-electron chi connectivity index (χ0n) is 12.3. The highest BCUT2D eigenvalue weighted by molar-refractivity contribution is 6.03. The molecule has 0 aliphatic rings. The Morgan fingerprint density at radius 1 is 1.35 bits per heavy atom. The summed E-state index contributed by atoms with van der Waals surface area (Å²) >= 11 is 0. The molecule has 3 aromatic rings. The van der Waals surface area contributed by atoms with Gasteiger partial charge in [-0.15, -0.1) is 0 Å². The molecule has 1 amide bonds. The van der Waals surface area contributed by atoms with E-state index in [1.54, 1.807) is 7.11 Å². The van der Waals surface area contributed by atoms with Crippen LogP contribution in [0.15, 0.2) is 40.8 Å². The molecule has 3 N–H and O–H groups in total. The lowest BCUT2D eigenvalue weighted by Gasteiger charge is -2.02. The maximum absolute atomic E-state index is 13.5. The van der Waals surface area contributed by atoms with Crippen molar-refractivity contribution in [3.8, 4) is 11.5 Å². The van der Waals surface area contributed by atoms with Gasteiger partial charge in [0.25, 0.3) is 5.91 Å². The summed E-state index contributed by atoms with van der Waals surface area (Å²) in [5.74, 6) is -1.07. The molecular weight excluding hydrogens is 301 g/mol. The first kappa shape index (κ1) is 15.1. The van der Waals surface area contributed by atoms with Crippen molar-refractivity contribution < 1.29 is 18.4 Å². The van der Waals surface area contributed by atoms with Crippen LogP contribution in [0, 0.1) is 5.82 Å². The summed E-state index contributed by atoms with van der Waals surface area (Å²) in [7, 11) is 1.54. The summed E-state index contributed by atoms with van der Waals surface area (Å²) in [4.78, 5) is 20.4. The van der Waals surface area contributed by atoms with Crippen molar-refractivity contribution in [1.82, 2.24) is 10.5 Å². The maximum Gasteiger partial charge on any atom is 0.252 e. The van der Waals surface area contributed by atoms with Gasteiger partial charge in [0.1, 0.15) is 11.3 Å². The fraction of sp³-hybridized carbons (Fsp3) is 0.125. The highest BCUT2D eigenvalue weighted by Crippen LogP contribution is 2.27. The number of hydrogen-bond donors (Lipinski definition) is 2. The molecule has 0 atom stereocenters. The van der Waals surface area contributed by atoms with Crippen LogP contribution in [0.2, 0.25) is 0 Å². The van der Waals surface area contributed by atoms with Crippen molar-refractivity contribution in [2.24, 2.45) is 5.73 Å². The molecule has 3 rings (SSSR count). The second-order valence-corrected chi connectivity index (χ2v) is 4.91. The standard InChI is InChI=1S/C16H14FN3O3/c1-22-19-8-9-2-4-10(5-3-9)16-20-13-7-11(17)6-12(15(18)21)14(13)23-16/h2-7,19H,8H2,1H3,(H2,18,21). The van der Waals surface area contributed by atoms with Crippen molar-refractivity contribution in [1.29, 1.82) is 0 Å². The Labute approximate surface area is 131 Å². The number of primary amides is 1. The second kappa shape index (κ2) is 6.15. The highest BCUT2D eigenvalue weighted by atomic mass is 19.1. The van der Waals surface area contributed by atoms with Gasteiger partial charge in [0, 0.05) is 18.2 Å². The normalized spacial score (nSPS) is 11.0. The van der Waals surface area contributed by atoms with Crippen molar-refractivity contribution in [3.05, 3.63) is 53.3 Å². The quantitative estimate of drug-likeness (QED) is 0.706. The average molecular weight is 315 g/mol. The van der Waals surface area contributed by atoms with E-state index >= 15 is 0 Å². The molecule has 0 aliphatic heterocycles. The first-order valence-electron chi connectivity index (χ1n) is 6.83. The van der Waals surface area contributed by atoms with Crippen LogP contribution in [-0.2, 0) is 11.4 Å². The zero-order chi connectivity index (χ0) is 16.4. The molecule has 0 unspecified atom stereocenters. The van der Waals surface area contributed by atoms with Gasteiger partial charge in [-0.2, -0.15) is 5.48 Å². The van der Waals surface area contributed by atoms with Gasteiger partial charge < -0.3 is 15.0 Å². The number of benzene rings is 2. The van der Waals surface area contributed by atoms with Gasteiger partial charge in [0.15, 0.2) is 5.58 Å². The van der Waals surface area contributed by atoms with E-state index in [4.69, 9.17) is 15.0 Å². The molecule has 2 aromatic carbocycles. The predicted molar refractivity (Wildman–Crippen MR) is 81.8 cm³/mol. The lowest BCUT2D eigenvalue weighted by atomic mass is 10.1. The molecular formula is C16H14FN3O3. The molecule has 1 aromatic heterocycles. The lowest BCUT2D eigenvalue weighted by Crippen LogP contribution is -2.11. The highest BCUT2D eigenvalue weighted by Gasteiger charge is 2.16. The fourth-order valence-corrected chi connectivity index (χ4v) is 2.23. The Morgan fingerprint density at radius 3 is 2.74 bits per heavy atom. The first-order chi connectivity index (χ1) is 11.1. The number of halogens is 1. The number of fused-ring (bicyclic) bond motifs is 1. The lowest BCUT2D eigenvalue weighted by molar-refractivity contribution is 0.0867. The van der Waals surface area contributed by atoms with Gasteiger partial charge in [-0.05, 0) is 23.8 Å². The minimum Gasteiger partial charge on any atom is -0.435 e. The van der Waals surface area contributed by atoms with Crippen molar-refractivity contribution in [3.63, 3.8) is 0 Å². The third kappa shape index (κ3) is 3.05. The summed E-state index contributed by atoms with van der Waals surface area (Å²) in [6, 6.07) is 9.64. The molecule has 0 aliphatic carbocycles. The molecule has 0 bridgehead atoms. The number of hydroxylamine groups is 1. The van der Waals surface area contributed by atoms with Crippen LogP contribution in [0.1, 0.15) is 15.9 Å². The number of carbonyl (C=O) groups is 1. The number of carbonyl (C=O) groups excluding carboxylic acids is 1.